The summed E-state index contributed by atoms with van der Waals surface area (Å²) in [7, 11) is 7.85. The third-order valence-corrected chi connectivity index (χ3v) is 8.56. The van der Waals surface area contributed by atoms with Gasteiger partial charge in [-0.3, -0.25) is 14.4 Å². The van der Waals surface area contributed by atoms with Crippen LogP contribution in [0, 0.1) is 5.92 Å². The van der Waals surface area contributed by atoms with E-state index in [-0.39, 0.29) is 35.6 Å². The molecular weight excluding hydrogens is 614 g/mol. The Bertz CT molecular complexity index is 1690. The number of methoxy groups -OCH3 is 5. The summed E-state index contributed by atoms with van der Waals surface area (Å²) in [6, 6.07) is 12.1. The molecule has 2 atom stereocenters. The lowest BCUT2D eigenvalue weighted by Gasteiger charge is -2.24. The first-order valence-corrected chi connectivity index (χ1v) is 16.1. The predicted octanol–water partition coefficient (Wildman–Crippen LogP) is 5.59. The van der Waals surface area contributed by atoms with Crippen LogP contribution in [0.4, 0.5) is 5.69 Å². The molecule has 0 aromatic heterocycles. The third-order valence-electron chi connectivity index (χ3n) is 8.56. The number of amides is 2. The molecular formula is C37H47N3O8. The van der Waals surface area contributed by atoms with Crippen molar-refractivity contribution in [3.05, 3.63) is 69.4 Å². The third kappa shape index (κ3) is 7.95. The van der Waals surface area contributed by atoms with Crippen LogP contribution < -0.4 is 45.1 Å². The molecule has 11 nitrogen and oxygen atoms in total. The Hall–Kier alpha value is -4.93. The van der Waals surface area contributed by atoms with Gasteiger partial charge in [-0.1, -0.05) is 26.0 Å². The molecule has 258 valence electrons. The first-order valence-electron chi connectivity index (χ1n) is 16.1. The van der Waals surface area contributed by atoms with Gasteiger partial charge >= 0.3 is 0 Å². The molecule has 11 heteroatoms. The molecule has 1 aliphatic carbocycles. The molecule has 0 saturated carbocycles. The minimum absolute atomic E-state index is 0.0933. The highest BCUT2D eigenvalue weighted by Crippen LogP contribution is 2.50. The largest absolute Gasteiger partial charge is 0.493 e. The standard InChI is InChI=1S/C37H47N3O8/c1-21(2)35(24-12-16-30(44-4)31(19-24)45-5)40-33(43)10-9-17-38-28-15-13-25-26(20-29(28)42)27(39-22(3)41)14-11-23-18-32(46-6)36(47-7)37(48-8)34(23)25/h12-13,15-16,18-21,27,35H,9-11,14,17H2,1-8H3,(H,38,42)(H,39,41)(H,40,43)/t27-,35-/m0/s1. The van der Waals surface area contributed by atoms with Crippen LogP contribution in [-0.2, 0) is 16.0 Å². The summed E-state index contributed by atoms with van der Waals surface area (Å²) >= 11 is 0. The van der Waals surface area contributed by atoms with Crippen molar-refractivity contribution in [2.45, 2.75) is 58.5 Å². The van der Waals surface area contributed by atoms with E-state index in [0.29, 0.717) is 65.8 Å². The Balaban J connectivity index is 1.56. The normalized spacial score (nSPS) is 14.1. The van der Waals surface area contributed by atoms with Gasteiger partial charge < -0.3 is 39.6 Å². The summed E-state index contributed by atoms with van der Waals surface area (Å²) in [5.74, 6) is 2.54. The van der Waals surface area contributed by atoms with Gasteiger partial charge in [-0.15, -0.1) is 0 Å². The fourth-order valence-corrected chi connectivity index (χ4v) is 6.25. The molecule has 3 aromatic carbocycles. The van der Waals surface area contributed by atoms with Crippen LogP contribution >= 0.6 is 0 Å². The van der Waals surface area contributed by atoms with Gasteiger partial charge in [0, 0.05) is 25.5 Å². The fraction of sp³-hybridized carbons (Fsp3) is 0.432. The second kappa shape index (κ2) is 16.3. The van der Waals surface area contributed by atoms with E-state index in [1.54, 1.807) is 47.7 Å². The van der Waals surface area contributed by atoms with E-state index in [9.17, 15) is 14.4 Å². The summed E-state index contributed by atoms with van der Waals surface area (Å²) in [5, 5.41) is 9.39. The molecule has 0 radical (unpaired) electrons. The monoisotopic (exact) mass is 661 g/mol. The van der Waals surface area contributed by atoms with Gasteiger partial charge in [0.15, 0.2) is 23.0 Å². The molecule has 4 rings (SSSR count). The number of benzene rings is 2. The molecule has 3 N–H and O–H groups in total. The van der Waals surface area contributed by atoms with Crippen molar-refractivity contribution in [3.63, 3.8) is 0 Å². The number of fused-ring (bicyclic) bond motifs is 3. The highest BCUT2D eigenvalue weighted by molar-refractivity contribution is 5.84. The molecule has 0 saturated heterocycles. The van der Waals surface area contributed by atoms with Crippen LogP contribution in [0.1, 0.15) is 68.8 Å². The second-order valence-electron chi connectivity index (χ2n) is 12.0. The summed E-state index contributed by atoms with van der Waals surface area (Å²) in [6.45, 7) is 5.96. The van der Waals surface area contributed by atoms with Crippen LogP contribution in [0.25, 0.3) is 11.1 Å². The van der Waals surface area contributed by atoms with E-state index >= 15 is 0 Å². The van der Waals surface area contributed by atoms with E-state index in [1.165, 1.54) is 6.92 Å². The Labute approximate surface area is 282 Å². The van der Waals surface area contributed by atoms with Gasteiger partial charge in [0.05, 0.1) is 53.3 Å². The van der Waals surface area contributed by atoms with Crippen molar-refractivity contribution in [1.82, 2.24) is 10.6 Å². The molecule has 0 aliphatic heterocycles. The maximum atomic E-state index is 13.6. The zero-order valence-electron chi connectivity index (χ0n) is 29.1. The van der Waals surface area contributed by atoms with Crippen LogP contribution in [0.2, 0.25) is 0 Å². The summed E-state index contributed by atoms with van der Waals surface area (Å²) in [6.07, 6.45) is 1.95. The van der Waals surface area contributed by atoms with Gasteiger partial charge in [-0.05, 0) is 77.8 Å². The topological polar surface area (TPSA) is 133 Å². The highest BCUT2D eigenvalue weighted by Gasteiger charge is 2.29. The molecule has 0 spiro atoms. The van der Waals surface area contributed by atoms with Crippen LogP contribution in [0.3, 0.4) is 0 Å². The summed E-state index contributed by atoms with van der Waals surface area (Å²) in [4.78, 5) is 38.8. The van der Waals surface area contributed by atoms with E-state index in [4.69, 9.17) is 23.7 Å². The van der Waals surface area contributed by atoms with Gasteiger partial charge in [0.25, 0.3) is 0 Å². The Morgan fingerprint density at radius 1 is 0.854 bits per heavy atom. The smallest absolute Gasteiger partial charge is 0.220 e. The van der Waals surface area contributed by atoms with Gasteiger partial charge in [0.2, 0.25) is 23.0 Å². The first-order chi connectivity index (χ1) is 23.1. The van der Waals surface area contributed by atoms with Crippen LogP contribution in [0.15, 0.2) is 47.3 Å². The Kier molecular flexibility index (Phi) is 12.2. The lowest BCUT2D eigenvalue weighted by Crippen LogP contribution is -2.32. The molecule has 0 unspecified atom stereocenters. The minimum atomic E-state index is -0.400. The molecule has 0 heterocycles. The Morgan fingerprint density at radius 3 is 2.19 bits per heavy atom. The van der Waals surface area contributed by atoms with Gasteiger partial charge in [-0.2, -0.15) is 0 Å². The molecule has 3 aromatic rings. The Morgan fingerprint density at radius 2 is 1.56 bits per heavy atom. The van der Waals surface area contributed by atoms with Crippen molar-refractivity contribution in [1.29, 1.82) is 0 Å². The molecule has 0 bridgehead atoms. The average molecular weight is 662 g/mol. The number of anilines is 1. The van der Waals surface area contributed by atoms with Crippen molar-refractivity contribution in [3.8, 4) is 39.9 Å². The number of rotatable bonds is 14. The van der Waals surface area contributed by atoms with Gasteiger partial charge in [0.1, 0.15) is 0 Å². The first kappa shape index (κ1) is 35.9. The number of carbonyl (C=O) groups excluding carboxylic acids is 2. The quantitative estimate of drug-likeness (QED) is 0.189. The fourth-order valence-electron chi connectivity index (χ4n) is 6.25. The van der Waals surface area contributed by atoms with Gasteiger partial charge in [-0.25, -0.2) is 0 Å². The van der Waals surface area contributed by atoms with Crippen molar-refractivity contribution in [2.75, 3.05) is 47.4 Å². The summed E-state index contributed by atoms with van der Waals surface area (Å²) in [5.41, 5.74) is 4.24. The number of hydrogen-bond donors (Lipinski definition) is 3. The van der Waals surface area contributed by atoms with Crippen LogP contribution in [-0.4, -0.2) is 53.9 Å². The van der Waals surface area contributed by atoms with Crippen LogP contribution in [0.5, 0.6) is 28.7 Å². The number of hydrogen-bond acceptors (Lipinski definition) is 9. The minimum Gasteiger partial charge on any atom is -0.493 e. The summed E-state index contributed by atoms with van der Waals surface area (Å²) < 4.78 is 27.9. The molecule has 2 amide bonds. The van der Waals surface area contributed by atoms with E-state index < -0.39 is 6.04 Å². The lowest BCUT2D eigenvalue weighted by atomic mass is 9.95. The molecule has 0 fully saturated rings. The van der Waals surface area contributed by atoms with E-state index in [0.717, 1.165) is 22.3 Å². The number of carbonyl (C=O) groups is 2. The SMILES string of the molecule is COc1ccc([C@@H](NC(=O)CCCNc2ccc3c(cc2=O)[C@@H](NC(C)=O)CCc2cc(OC)c(OC)c(OC)c2-3)C(C)C)cc1OC. The maximum absolute atomic E-state index is 13.6. The van der Waals surface area contributed by atoms with Crippen molar-refractivity contribution in [2.24, 2.45) is 5.92 Å². The number of nitrogens with one attached hydrogen (secondary N) is 3. The zero-order valence-corrected chi connectivity index (χ0v) is 29.1. The second-order valence-corrected chi connectivity index (χ2v) is 12.0. The predicted molar refractivity (Wildman–Crippen MR) is 186 cm³/mol. The number of aryl methyl sites for hydroxylation is 1. The number of ether oxygens (including phenoxy) is 5. The van der Waals surface area contributed by atoms with Crippen molar-refractivity contribution < 1.29 is 33.3 Å². The molecule has 48 heavy (non-hydrogen) atoms. The average Bonchev–Trinajstić information content (AvgIpc) is 3.32. The maximum Gasteiger partial charge on any atom is 0.220 e. The zero-order chi connectivity index (χ0) is 35.0. The van der Waals surface area contributed by atoms with E-state index in [2.05, 4.69) is 16.0 Å². The highest BCUT2D eigenvalue weighted by atomic mass is 16.5. The molecule has 1 aliphatic rings. The van der Waals surface area contributed by atoms with E-state index in [1.807, 2.05) is 44.2 Å². The lowest BCUT2D eigenvalue weighted by molar-refractivity contribution is -0.122. The van der Waals surface area contributed by atoms with Crippen molar-refractivity contribution >= 4 is 17.5 Å².